The number of aromatic hydroxyl groups is 1. The number of phenolic OH excluding ortho intramolecular Hbond substituents is 1. The normalized spacial score (nSPS) is 18.7. The molecule has 1 aliphatic carbocycles. The molecule has 0 atom stereocenters. The van der Waals surface area contributed by atoms with Crippen LogP contribution in [0.4, 0.5) is 0 Å². The number of halogens is 2. The lowest BCUT2D eigenvalue weighted by molar-refractivity contribution is 0.456. The van der Waals surface area contributed by atoms with Gasteiger partial charge in [0.1, 0.15) is 5.75 Å². The molecular formula is C9H9Br2NO. The van der Waals surface area contributed by atoms with Crippen LogP contribution in [0.15, 0.2) is 21.1 Å². The molecule has 0 unspecified atom stereocenters. The van der Waals surface area contributed by atoms with Crippen molar-refractivity contribution < 1.29 is 5.11 Å². The number of hydrogen-bond acceptors (Lipinski definition) is 2. The molecule has 1 aromatic carbocycles. The second-order valence-electron chi connectivity index (χ2n) is 3.44. The zero-order chi connectivity index (χ0) is 9.64. The Hall–Kier alpha value is -0.0600. The Morgan fingerprint density at radius 2 is 1.92 bits per heavy atom. The zero-order valence-corrected chi connectivity index (χ0v) is 10.0. The molecule has 2 nitrogen and oxygen atoms in total. The Balaban J connectivity index is 2.56. The molecule has 13 heavy (non-hydrogen) atoms. The SMILES string of the molecule is NC1(c2cc(Br)cc(Br)c2O)CC1. The fourth-order valence-electron chi connectivity index (χ4n) is 1.35. The molecule has 1 saturated carbocycles. The molecule has 0 amide bonds. The van der Waals surface area contributed by atoms with E-state index in [1.807, 2.05) is 12.1 Å². The van der Waals surface area contributed by atoms with E-state index in [9.17, 15) is 5.11 Å². The minimum Gasteiger partial charge on any atom is -0.506 e. The third-order valence-electron chi connectivity index (χ3n) is 2.35. The van der Waals surface area contributed by atoms with Crippen molar-refractivity contribution in [2.24, 2.45) is 5.73 Å². The highest BCUT2D eigenvalue weighted by atomic mass is 79.9. The third-order valence-corrected chi connectivity index (χ3v) is 3.42. The molecule has 2 rings (SSSR count). The molecule has 0 saturated heterocycles. The Morgan fingerprint density at radius 3 is 2.46 bits per heavy atom. The van der Waals surface area contributed by atoms with E-state index in [1.54, 1.807) is 0 Å². The second kappa shape index (κ2) is 2.97. The topological polar surface area (TPSA) is 46.2 Å². The summed E-state index contributed by atoms with van der Waals surface area (Å²) in [6.45, 7) is 0. The van der Waals surface area contributed by atoms with Crippen LogP contribution in [0.5, 0.6) is 5.75 Å². The number of rotatable bonds is 1. The van der Waals surface area contributed by atoms with Gasteiger partial charge >= 0.3 is 0 Å². The third kappa shape index (κ3) is 1.63. The van der Waals surface area contributed by atoms with Crippen LogP contribution in [0.3, 0.4) is 0 Å². The molecule has 0 aliphatic heterocycles. The second-order valence-corrected chi connectivity index (χ2v) is 5.21. The van der Waals surface area contributed by atoms with Crippen LogP contribution in [-0.4, -0.2) is 5.11 Å². The summed E-state index contributed by atoms with van der Waals surface area (Å²) in [5.41, 5.74) is 6.54. The summed E-state index contributed by atoms with van der Waals surface area (Å²) < 4.78 is 1.62. The monoisotopic (exact) mass is 305 g/mol. The van der Waals surface area contributed by atoms with Crippen LogP contribution < -0.4 is 5.73 Å². The lowest BCUT2D eigenvalue weighted by Gasteiger charge is -2.12. The fourth-order valence-corrected chi connectivity index (χ4v) is 2.57. The van der Waals surface area contributed by atoms with Crippen molar-refractivity contribution in [2.75, 3.05) is 0 Å². The number of nitrogens with two attached hydrogens (primary N) is 1. The Labute approximate surface area is 93.4 Å². The molecule has 0 radical (unpaired) electrons. The van der Waals surface area contributed by atoms with E-state index in [1.165, 1.54) is 0 Å². The molecule has 0 aromatic heterocycles. The van der Waals surface area contributed by atoms with Gasteiger partial charge < -0.3 is 10.8 Å². The van der Waals surface area contributed by atoms with Crippen molar-refractivity contribution >= 4 is 31.9 Å². The zero-order valence-electron chi connectivity index (χ0n) is 6.85. The standard InChI is InChI=1S/C9H9Br2NO/c10-5-3-6(9(12)1-2-9)8(13)7(11)4-5/h3-4,13H,1-2,12H2. The number of hydrogen-bond donors (Lipinski definition) is 2. The van der Waals surface area contributed by atoms with Gasteiger partial charge in [0, 0.05) is 15.6 Å². The van der Waals surface area contributed by atoms with Gasteiger partial charge in [0.15, 0.2) is 0 Å². The van der Waals surface area contributed by atoms with Crippen LogP contribution in [0, 0.1) is 0 Å². The molecule has 1 fully saturated rings. The minimum atomic E-state index is -0.295. The molecule has 1 aromatic rings. The van der Waals surface area contributed by atoms with E-state index in [2.05, 4.69) is 31.9 Å². The summed E-state index contributed by atoms with van der Waals surface area (Å²) in [6, 6.07) is 3.69. The molecule has 0 heterocycles. The van der Waals surface area contributed by atoms with Crippen molar-refractivity contribution in [3.63, 3.8) is 0 Å². The van der Waals surface area contributed by atoms with Gasteiger partial charge in [-0.2, -0.15) is 0 Å². The summed E-state index contributed by atoms with van der Waals surface area (Å²) in [4.78, 5) is 0. The summed E-state index contributed by atoms with van der Waals surface area (Å²) >= 11 is 6.65. The van der Waals surface area contributed by atoms with E-state index in [4.69, 9.17) is 5.73 Å². The van der Waals surface area contributed by atoms with Crippen molar-refractivity contribution in [1.82, 2.24) is 0 Å². The van der Waals surface area contributed by atoms with E-state index < -0.39 is 0 Å². The molecule has 0 bridgehead atoms. The van der Waals surface area contributed by atoms with Crippen LogP contribution in [0.1, 0.15) is 18.4 Å². The molecule has 1 aliphatic rings. The van der Waals surface area contributed by atoms with Crippen molar-refractivity contribution in [3.8, 4) is 5.75 Å². The van der Waals surface area contributed by atoms with Crippen LogP contribution in [0.25, 0.3) is 0 Å². The van der Waals surface area contributed by atoms with Crippen molar-refractivity contribution in [2.45, 2.75) is 18.4 Å². The lowest BCUT2D eigenvalue weighted by atomic mass is 10.1. The van der Waals surface area contributed by atoms with Crippen LogP contribution in [-0.2, 0) is 5.54 Å². The highest BCUT2D eigenvalue weighted by molar-refractivity contribution is 9.11. The molecule has 4 heteroatoms. The van der Waals surface area contributed by atoms with E-state index in [0.717, 1.165) is 22.9 Å². The first kappa shape index (κ1) is 9.49. The first-order valence-corrected chi connectivity index (χ1v) is 5.59. The molecular weight excluding hydrogens is 298 g/mol. The predicted molar refractivity (Wildman–Crippen MR) is 58.6 cm³/mol. The molecule has 3 N–H and O–H groups in total. The largest absolute Gasteiger partial charge is 0.506 e. The first-order valence-electron chi connectivity index (χ1n) is 4.00. The maximum Gasteiger partial charge on any atom is 0.134 e. The van der Waals surface area contributed by atoms with Crippen LogP contribution in [0.2, 0.25) is 0 Å². The summed E-state index contributed by atoms with van der Waals surface area (Å²) in [5, 5.41) is 9.75. The highest BCUT2D eigenvalue weighted by Crippen LogP contribution is 2.48. The Kier molecular flexibility index (Phi) is 2.17. The van der Waals surface area contributed by atoms with Gasteiger partial charge in [-0.05, 0) is 40.9 Å². The number of benzene rings is 1. The van der Waals surface area contributed by atoms with Crippen molar-refractivity contribution in [3.05, 3.63) is 26.6 Å². The van der Waals surface area contributed by atoms with Gasteiger partial charge in [-0.3, -0.25) is 0 Å². The van der Waals surface area contributed by atoms with Gasteiger partial charge in [-0.1, -0.05) is 15.9 Å². The van der Waals surface area contributed by atoms with E-state index in [0.29, 0.717) is 4.47 Å². The van der Waals surface area contributed by atoms with Gasteiger partial charge in [0.2, 0.25) is 0 Å². The van der Waals surface area contributed by atoms with Gasteiger partial charge in [0.25, 0.3) is 0 Å². The van der Waals surface area contributed by atoms with Crippen molar-refractivity contribution in [1.29, 1.82) is 0 Å². The first-order chi connectivity index (χ1) is 6.03. The average molecular weight is 307 g/mol. The predicted octanol–water partition coefficient (Wildman–Crippen LogP) is 2.87. The van der Waals surface area contributed by atoms with Crippen LogP contribution >= 0.6 is 31.9 Å². The van der Waals surface area contributed by atoms with Gasteiger partial charge in [-0.25, -0.2) is 0 Å². The Bertz CT molecular complexity index is 361. The minimum absolute atomic E-state index is 0.267. The van der Waals surface area contributed by atoms with E-state index >= 15 is 0 Å². The maximum absolute atomic E-state index is 9.75. The Morgan fingerprint density at radius 1 is 1.31 bits per heavy atom. The average Bonchev–Trinajstić information content (AvgIpc) is 2.77. The van der Waals surface area contributed by atoms with Gasteiger partial charge in [0.05, 0.1) is 4.47 Å². The molecule has 0 spiro atoms. The smallest absolute Gasteiger partial charge is 0.134 e. The van der Waals surface area contributed by atoms with Gasteiger partial charge in [-0.15, -0.1) is 0 Å². The quantitative estimate of drug-likeness (QED) is 0.838. The fraction of sp³-hybridized carbons (Fsp3) is 0.333. The number of phenols is 1. The highest BCUT2D eigenvalue weighted by Gasteiger charge is 2.42. The summed E-state index contributed by atoms with van der Waals surface area (Å²) in [7, 11) is 0. The summed E-state index contributed by atoms with van der Waals surface area (Å²) in [6.07, 6.45) is 1.90. The summed E-state index contributed by atoms with van der Waals surface area (Å²) in [5.74, 6) is 0.267. The maximum atomic E-state index is 9.75. The van der Waals surface area contributed by atoms with E-state index in [-0.39, 0.29) is 11.3 Å². The lowest BCUT2D eigenvalue weighted by Crippen LogP contribution is -2.18. The molecule has 70 valence electrons.